The molecular formula is C12H11N3OSe. The van der Waals surface area contributed by atoms with Gasteiger partial charge in [-0.05, 0) is 0 Å². The Bertz CT molecular complexity index is 801. The van der Waals surface area contributed by atoms with E-state index in [0.717, 1.165) is 30.8 Å². The van der Waals surface area contributed by atoms with Gasteiger partial charge in [-0.2, -0.15) is 0 Å². The van der Waals surface area contributed by atoms with Crippen LogP contribution in [0.4, 0.5) is 0 Å². The van der Waals surface area contributed by atoms with Gasteiger partial charge in [-0.3, -0.25) is 0 Å². The summed E-state index contributed by atoms with van der Waals surface area (Å²) in [5.41, 5.74) is 2.99. The van der Waals surface area contributed by atoms with Crippen LogP contribution >= 0.6 is 0 Å². The van der Waals surface area contributed by atoms with Crippen molar-refractivity contribution in [3.05, 3.63) is 33.5 Å². The molecule has 0 saturated heterocycles. The Balaban J connectivity index is 2.65. The number of aromatic amines is 1. The van der Waals surface area contributed by atoms with E-state index in [1.807, 2.05) is 19.9 Å². The Labute approximate surface area is 103 Å². The topological polar surface area (TPSA) is 58.6 Å². The van der Waals surface area contributed by atoms with E-state index in [0.29, 0.717) is 5.82 Å². The van der Waals surface area contributed by atoms with Crippen molar-refractivity contribution in [1.29, 1.82) is 0 Å². The van der Waals surface area contributed by atoms with Crippen molar-refractivity contribution in [3.63, 3.8) is 0 Å². The zero-order valence-electron chi connectivity index (χ0n) is 9.79. The molecule has 0 unspecified atom stereocenters. The molecule has 4 nitrogen and oxygen atoms in total. The zero-order valence-corrected chi connectivity index (χ0v) is 11.5. The van der Waals surface area contributed by atoms with Gasteiger partial charge in [0.15, 0.2) is 0 Å². The van der Waals surface area contributed by atoms with Gasteiger partial charge in [0.25, 0.3) is 0 Å². The molecule has 0 atom stereocenters. The van der Waals surface area contributed by atoms with Gasteiger partial charge in [-0.1, -0.05) is 0 Å². The van der Waals surface area contributed by atoms with Gasteiger partial charge in [-0.15, -0.1) is 0 Å². The fourth-order valence-corrected chi connectivity index (χ4v) is 4.47. The quantitative estimate of drug-likeness (QED) is 0.638. The molecule has 1 N–H and O–H groups in total. The maximum atomic E-state index is 11.9. The molecule has 0 aromatic carbocycles. The fourth-order valence-electron chi connectivity index (χ4n) is 2.10. The van der Waals surface area contributed by atoms with E-state index in [1.54, 1.807) is 0 Å². The number of hydrogen-bond acceptors (Lipinski definition) is 3. The zero-order chi connectivity index (χ0) is 12.2. The molecule has 0 aliphatic heterocycles. The number of fused-ring (bicyclic) bond motifs is 3. The summed E-state index contributed by atoms with van der Waals surface area (Å²) in [5, 5.41) is 1.07. The van der Waals surface area contributed by atoms with E-state index in [2.05, 4.69) is 21.9 Å². The van der Waals surface area contributed by atoms with E-state index in [-0.39, 0.29) is 20.1 Å². The summed E-state index contributed by atoms with van der Waals surface area (Å²) < 4.78 is 1.84. The molecule has 3 aromatic heterocycles. The van der Waals surface area contributed by atoms with E-state index in [1.165, 1.54) is 0 Å². The van der Waals surface area contributed by atoms with Gasteiger partial charge < -0.3 is 0 Å². The van der Waals surface area contributed by atoms with Crippen molar-refractivity contribution < 1.29 is 0 Å². The summed E-state index contributed by atoms with van der Waals surface area (Å²) in [6.07, 6.45) is 0. The maximum absolute atomic E-state index is 11.9. The van der Waals surface area contributed by atoms with Crippen LogP contribution in [0.5, 0.6) is 0 Å². The number of hydrogen-bond donors (Lipinski definition) is 1. The summed E-state index contributed by atoms with van der Waals surface area (Å²) in [6.45, 7) is 5.84. The molecular weight excluding hydrogens is 281 g/mol. The Hall–Kier alpha value is -1.45. The number of nitrogens with one attached hydrogen (secondary N) is 1. The number of aromatic nitrogens is 3. The molecule has 17 heavy (non-hydrogen) atoms. The van der Waals surface area contributed by atoms with Crippen molar-refractivity contribution in [2.75, 3.05) is 0 Å². The van der Waals surface area contributed by atoms with Crippen LogP contribution in [-0.2, 0) is 0 Å². The molecule has 3 aromatic rings. The average molecular weight is 292 g/mol. The van der Waals surface area contributed by atoms with E-state index in [4.69, 9.17) is 0 Å². The molecule has 0 amide bonds. The van der Waals surface area contributed by atoms with Crippen LogP contribution in [0.3, 0.4) is 0 Å². The molecule has 3 rings (SSSR count). The summed E-state index contributed by atoms with van der Waals surface area (Å²) in [4.78, 5) is 23.7. The van der Waals surface area contributed by atoms with Crippen molar-refractivity contribution in [3.8, 4) is 0 Å². The molecule has 0 bridgehead atoms. The Morgan fingerprint density at radius 2 is 2.00 bits per heavy atom. The molecule has 3 heterocycles. The van der Waals surface area contributed by atoms with Gasteiger partial charge in [0.1, 0.15) is 0 Å². The first-order valence-corrected chi connectivity index (χ1v) is 7.05. The predicted octanol–water partition coefficient (Wildman–Crippen LogP) is 1.45. The van der Waals surface area contributed by atoms with Crippen LogP contribution in [0.2, 0.25) is 0 Å². The minimum atomic E-state index is -0.0181. The first-order valence-electron chi connectivity index (χ1n) is 5.33. The fraction of sp³-hybridized carbons (Fsp3) is 0.250. The molecule has 0 radical (unpaired) electrons. The third-order valence-electron chi connectivity index (χ3n) is 2.74. The van der Waals surface area contributed by atoms with Crippen LogP contribution in [0.15, 0.2) is 10.9 Å². The second kappa shape index (κ2) is 3.52. The number of nitrogens with zero attached hydrogens (tertiary/aromatic N) is 2. The third kappa shape index (κ3) is 1.54. The average Bonchev–Trinajstić information content (AvgIpc) is 2.56. The normalized spacial score (nSPS) is 11.5. The van der Waals surface area contributed by atoms with Crippen molar-refractivity contribution in [1.82, 2.24) is 15.0 Å². The van der Waals surface area contributed by atoms with Crippen LogP contribution in [0.25, 0.3) is 19.6 Å². The van der Waals surface area contributed by atoms with Gasteiger partial charge in [0.05, 0.1) is 0 Å². The monoisotopic (exact) mass is 293 g/mol. The summed E-state index contributed by atoms with van der Waals surface area (Å²) in [5.74, 6) is 0.664. The molecule has 0 spiro atoms. The number of aryl methyl sites for hydroxylation is 3. The minimum absolute atomic E-state index is 0.0115. The van der Waals surface area contributed by atoms with Gasteiger partial charge in [-0.25, -0.2) is 0 Å². The van der Waals surface area contributed by atoms with Crippen LogP contribution in [0.1, 0.15) is 17.1 Å². The first-order chi connectivity index (χ1) is 8.06. The number of H-pyrrole nitrogens is 1. The first kappa shape index (κ1) is 10.7. The molecule has 0 saturated carbocycles. The molecule has 0 aliphatic carbocycles. The summed E-state index contributed by atoms with van der Waals surface area (Å²) >= 11 is -0.0181. The summed E-state index contributed by atoms with van der Waals surface area (Å²) in [7, 11) is 0. The van der Waals surface area contributed by atoms with Crippen molar-refractivity contribution in [2.24, 2.45) is 0 Å². The third-order valence-corrected chi connectivity index (χ3v) is 4.99. The molecule has 0 fully saturated rings. The van der Waals surface area contributed by atoms with E-state index >= 15 is 0 Å². The second-order valence-corrected chi connectivity index (χ2v) is 6.29. The predicted molar refractivity (Wildman–Crippen MR) is 68.8 cm³/mol. The van der Waals surface area contributed by atoms with Crippen LogP contribution < -0.4 is 5.56 Å². The van der Waals surface area contributed by atoms with E-state index < -0.39 is 0 Å². The van der Waals surface area contributed by atoms with Crippen molar-refractivity contribution in [2.45, 2.75) is 20.8 Å². The van der Waals surface area contributed by atoms with Gasteiger partial charge in [0, 0.05) is 0 Å². The number of pyridine rings is 1. The summed E-state index contributed by atoms with van der Waals surface area (Å²) in [6, 6.07) is 2.04. The molecule has 0 aliphatic rings. The Kier molecular flexibility index (Phi) is 2.21. The number of rotatable bonds is 0. The van der Waals surface area contributed by atoms with Gasteiger partial charge >= 0.3 is 103 Å². The molecule has 86 valence electrons. The Morgan fingerprint density at radius 3 is 2.76 bits per heavy atom. The van der Waals surface area contributed by atoms with Gasteiger partial charge in [0.2, 0.25) is 0 Å². The second-order valence-electron chi connectivity index (χ2n) is 4.19. The SMILES string of the molecule is Cc1cc(C)c2c(n1)[se]c1c(=O)[nH]c(C)nc12. The standard InChI is InChI=1S/C12H11N3OSe/c1-5-4-6(2)13-12-8(5)9-10(17-12)11(16)15-7(3)14-9/h4H,1-3H3,(H,14,15,16). The Morgan fingerprint density at radius 1 is 1.24 bits per heavy atom. The van der Waals surface area contributed by atoms with E-state index in [9.17, 15) is 4.79 Å². The molecule has 5 heteroatoms. The van der Waals surface area contributed by atoms with Crippen LogP contribution in [-0.4, -0.2) is 29.5 Å². The van der Waals surface area contributed by atoms with Crippen LogP contribution in [0, 0.1) is 20.8 Å². The van der Waals surface area contributed by atoms with Crippen molar-refractivity contribution >= 4 is 34.1 Å².